The van der Waals surface area contributed by atoms with Gasteiger partial charge in [0.2, 0.25) is 11.8 Å². The van der Waals surface area contributed by atoms with E-state index >= 15 is 0 Å². The van der Waals surface area contributed by atoms with Crippen LogP contribution in [0.4, 0.5) is 0 Å². The molecule has 0 bridgehead atoms. The number of nitrogens with zero attached hydrogens (tertiary/aromatic N) is 2. The molecule has 0 spiro atoms. The summed E-state index contributed by atoms with van der Waals surface area (Å²) in [5, 5.41) is 4.44. The lowest BCUT2D eigenvalue weighted by molar-refractivity contribution is -0.129. The molecule has 1 aliphatic heterocycles. The van der Waals surface area contributed by atoms with Gasteiger partial charge in [0.05, 0.1) is 5.92 Å². The average Bonchev–Trinajstić information content (AvgIpc) is 3.20. The first-order chi connectivity index (χ1) is 15.6. The smallest absolute Gasteiger partial charge is 0.245 e. The lowest BCUT2D eigenvalue weighted by Crippen LogP contribution is -2.31. The average molecular weight is 426 g/mol. The first kappa shape index (κ1) is 21.5. The van der Waals surface area contributed by atoms with Gasteiger partial charge in [0, 0.05) is 31.1 Å². The van der Waals surface area contributed by atoms with Gasteiger partial charge in [-0.1, -0.05) is 91.0 Å². The normalized spacial score (nSPS) is 16.4. The molecule has 2 amide bonds. The van der Waals surface area contributed by atoms with Crippen LogP contribution in [0, 0.1) is 5.92 Å². The Bertz CT molecular complexity index is 1040. The molecular formula is C27H27N3O2. The van der Waals surface area contributed by atoms with E-state index in [-0.39, 0.29) is 24.2 Å². The number of carbonyl (C=O) groups is 2. The number of hydrazone groups is 1. The second-order valence-electron chi connectivity index (χ2n) is 8.14. The number of hydrogen-bond acceptors (Lipinski definition) is 3. The van der Waals surface area contributed by atoms with Gasteiger partial charge in [-0.2, -0.15) is 5.10 Å². The van der Waals surface area contributed by atoms with Crippen LogP contribution in [-0.2, 0) is 16.1 Å². The van der Waals surface area contributed by atoms with Crippen molar-refractivity contribution in [3.05, 3.63) is 108 Å². The van der Waals surface area contributed by atoms with Crippen molar-refractivity contribution in [2.45, 2.75) is 25.8 Å². The van der Waals surface area contributed by atoms with Crippen molar-refractivity contribution < 1.29 is 9.59 Å². The number of hydrogen-bond donors (Lipinski definition) is 1. The third-order valence-electron chi connectivity index (χ3n) is 5.83. The Kier molecular flexibility index (Phi) is 6.75. The van der Waals surface area contributed by atoms with Crippen LogP contribution < -0.4 is 5.43 Å². The van der Waals surface area contributed by atoms with Crippen molar-refractivity contribution in [1.29, 1.82) is 0 Å². The van der Waals surface area contributed by atoms with E-state index in [0.29, 0.717) is 13.1 Å². The Morgan fingerprint density at radius 1 is 0.938 bits per heavy atom. The highest BCUT2D eigenvalue weighted by molar-refractivity contribution is 5.94. The third-order valence-corrected chi connectivity index (χ3v) is 5.83. The molecule has 0 aliphatic carbocycles. The summed E-state index contributed by atoms with van der Waals surface area (Å²) in [4.78, 5) is 27.0. The summed E-state index contributed by atoms with van der Waals surface area (Å²) >= 11 is 0. The number of amides is 2. The van der Waals surface area contributed by atoms with E-state index in [2.05, 4.69) is 34.8 Å². The summed E-state index contributed by atoms with van der Waals surface area (Å²) < 4.78 is 0. The Balaban J connectivity index is 1.44. The van der Waals surface area contributed by atoms with Gasteiger partial charge in [-0.15, -0.1) is 0 Å². The van der Waals surface area contributed by atoms with Crippen LogP contribution in [0.3, 0.4) is 0 Å². The van der Waals surface area contributed by atoms with Gasteiger partial charge >= 0.3 is 0 Å². The monoisotopic (exact) mass is 425 g/mol. The maximum Gasteiger partial charge on any atom is 0.245 e. The summed E-state index contributed by atoms with van der Waals surface area (Å²) in [7, 11) is 0. The Labute approximate surface area is 188 Å². The summed E-state index contributed by atoms with van der Waals surface area (Å²) in [5.74, 6) is -0.665. The van der Waals surface area contributed by atoms with E-state index in [1.165, 1.54) is 0 Å². The van der Waals surface area contributed by atoms with Crippen LogP contribution in [0.15, 0.2) is 96.1 Å². The molecule has 0 aromatic heterocycles. The largest absolute Gasteiger partial charge is 0.338 e. The summed E-state index contributed by atoms with van der Waals surface area (Å²) in [6.45, 7) is 2.86. The zero-order chi connectivity index (χ0) is 22.3. The minimum Gasteiger partial charge on any atom is -0.338 e. The summed E-state index contributed by atoms with van der Waals surface area (Å²) in [6, 6.07) is 30.1. The molecule has 1 fully saturated rings. The molecule has 0 radical (unpaired) electrons. The fourth-order valence-corrected chi connectivity index (χ4v) is 4.17. The number of benzene rings is 3. The molecule has 3 aromatic carbocycles. The fourth-order valence-electron chi connectivity index (χ4n) is 4.17. The quantitative estimate of drug-likeness (QED) is 0.452. The Morgan fingerprint density at radius 2 is 1.47 bits per heavy atom. The minimum absolute atomic E-state index is 0.00107. The SMILES string of the molecule is C/C(=N\NC(=O)C1CC(=O)N(Cc2ccccc2)C1)C(c1ccccc1)c1ccccc1. The lowest BCUT2D eigenvalue weighted by atomic mass is 9.88. The minimum atomic E-state index is -0.394. The standard InChI is InChI=1S/C27H27N3O2/c1-20(26(22-13-7-3-8-14-22)23-15-9-4-10-16-23)28-29-27(32)24-17-25(31)30(19-24)18-21-11-5-2-6-12-21/h2-16,24,26H,17-19H2,1H3,(H,29,32)/b28-20+. The van der Waals surface area contributed by atoms with Gasteiger partial charge in [-0.3, -0.25) is 9.59 Å². The molecule has 32 heavy (non-hydrogen) atoms. The van der Waals surface area contributed by atoms with Crippen LogP contribution in [0.2, 0.25) is 0 Å². The molecular weight excluding hydrogens is 398 g/mol. The van der Waals surface area contributed by atoms with Crippen molar-refractivity contribution in [1.82, 2.24) is 10.3 Å². The van der Waals surface area contributed by atoms with E-state index in [4.69, 9.17) is 0 Å². The van der Waals surface area contributed by atoms with E-state index < -0.39 is 5.92 Å². The molecule has 4 rings (SSSR count). The Hall–Kier alpha value is -3.73. The van der Waals surface area contributed by atoms with Gasteiger partial charge in [-0.05, 0) is 23.6 Å². The van der Waals surface area contributed by atoms with Crippen molar-refractivity contribution in [3.8, 4) is 0 Å². The van der Waals surface area contributed by atoms with Gasteiger partial charge in [0.1, 0.15) is 0 Å². The van der Waals surface area contributed by atoms with Crippen LogP contribution in [0.1, 0.15) is 36.0 Å². The van der Waals surface area contributed by atoms with Gasteiger partial charge < -0.3 is 4.90 Å². The molecule has 5 nitrogen and oxygen atoms in total. The van der Waals surface area contributed by atoms with Gasteiger partial charge in [-0.25, -0.2) is 5.43 Å². The first-order valence-electron chi connectivity index (χ1n) is 10.9. The Morgan fingerprint density at radius 3 is 2.03 bits per heavy atom. The fraction of sp³-hybridized carbons (Fsp3) is 0.222. The van der Waals surface area contributed by atoms with Crippen molar-refractivity contribution >= 4 is 17.5 Å². The van der Waals surface area contributed by atoms with E-state index in [1.807, 2.05) is 73.7 Å². The third kappa shape index (κ3) is 5.11. The van der Waals surface area contributed by atoms with Crippen LogP contribution >= 0.6 is 0 Å². The molecule has 1 atom stereocenters. The first-order valence-corrected chi connectivity index (χ1v) is 10.9. The second kappa shape index (κ2) is 10.1. The molecule has 1 N–H and O–H groups in total. The number of likely N-dealkylation sites (tertiary alicyclic amines) is 1. The zero-order valence-electron chi connectivity index (χ0n) is 18.1. The molecule has 1 unspecified atom stereocenters. The van der Waals surface area contributed by atoms with E-state index in [1.54, 1.807) is 4.90 Å². The highest BCUT2D eigenvalue weighted by atomic mass is 16.2. The molecule has 5 heteroatoms. The van der Waals surface area contributed by atoms with Gasteiger partial charge in [0.25, 0.3) is 0 Å². The molecule has 1 saturated heterocycles. The second-order valence-corrected chi connectivity index (χ2v) is 8.14. The van der Waals surface area contributed by atoms with Crippen molar-refractivity contribution in [2.24, 2.45) is 11.0 Å². The predicted octanol–water partition coefficient (Wildman–Crippen LogP) is 4.36. The number of rotatable bonds is 7. The molecule has 3 aromatic rings. The van der Waals surface area contributed by atoms with Crippen LogP contribution in [0.25, 0.3) is 0 Å². The maximum absolute atomic E-state index is 12.8. The molecule has 1 heterocycles. The molecule has 1 aliphatic rings. The van der Waals surface area contributed by atoms with Crippen LogP contribution in [-0.4, -0.2) is 29.0 Å². The van der Waals surface area contributed by atoms with Crippen molar-refractivity contribution in [2.75, 3.05) is 6.54 Å². The van der Waals surface area contributed by atoms with Crippen LogP contribution in [0.5, 0.6) is 0 Å². The highest BCUT2D eigenvalue weighted by Crippen LogP contribution is 2.26. The summed E-state index contributed by atoms with van der Waals surface area (Å²) in [5.41, 5.74) is 6.79. The zero-order valence-corrected chi connectivity index (χ0v) is 18.1. The topological polar surface area (TPSA) is 61.8 Å². The highest BCUT2D eigenvalue weighted by Gasteiger charge is 2.34. The number of nitrogens with one attached hydrogen (secondary N) is 1. The molecule has 162 valence electrons. The van der Waals surface area contributed by atoms with E-state index in [9.17, 15) is 9.59 Å². The molecule has 0 saturated carbocycles. The van der Waals surface area contributed by atoms with Crippen molar-refractivity contribution in [3.63, 3.8) is 0 Å². The maximum atomic E-state index is 12.8. The number of carbonyl (C=O) groups excluding carboxylic acids is 2. The van der Waals surface area contributed by atoms with Gasteiger partial charge in [0.15, 0.2) is 0 Å². The van der Waals surface area contributed by atoms with E-state index in [0.717, 1.165) is 22.4 Å². The lowest BCUT2D eigenvalue weighted by Gasteiger charge is -2.19. The predicted molar refractivity (Wildman–Crippen MR) is 126 cm³/mol. The summed E-state index contributed by atoms with van der Waals surface area (Å²) in [6.07, 6.45) is 0.216.